The van der Waals surface area contributed by atoms with Crippen LogP contribution in [0.5, 0.6) is 0 Å². The molecule has 0 atom stereocenters. The molecule has 86 valence electrons. The third kappa shape index (κ3) is 3.52. The number of nitrogen functional groups attached to an aromatic ring is 1. The van der Waals surface area contributed by atoms with Crippen LogP contribution in [0.4, 0.5) is 5.82 Å². The molecular weight excluding hydrogens is 254 g/mol. The van der Waals surface area contributed by atoms with Crippen molar-refractivity contribution in [1.82, 2.24) is 9.78 Å². The number of rotatable bonds is 6. The fourth-order valence-corrected chi connectivity index (χ4v) is 1.90. The zero-order chi connectivity index (χ0) is 11.3. The van der Waals surface area contributed by atoms with Crippen LogP contribution in [-0.2, 0) is 6.54 Å². The number of hydrogen-bond acceptors (Lipinski definition) is 2. The quantitative estimate of drug-likeness (QED) is 0.807. The number of unbranched alkanes of at least 4 members (excludes halogenated alkanes) is 4. The van der Waals surface area contributed by atoms with E-state index in [0.717, 1.165) is 29.0 Å². The number of anilines is 1. The lowest BCUT2D eigenvalue weighted by molar-refractivity contribution is 0.536. The topological polar surface area (TPSA) is 43.8 Å². The maximum Gasteiger partial charge on any atom is 0.136 e. The Bertz CT molecular complexity index is 307. The molecule has 4 heteroatoms. The summed E-state index contributed by atoms with van der Waals surface area (Å²) in [5.74, 6) is 0.753. The maximum absolute atomic E-state index is 5.90. The molecule has 0 spiro atoms. The average Bonchev–Trinajstić information content (AvgIpc) is 2.46. The number of nitrogens with zero attached hydrogens (tertiary/aromatic N) is 2. The van der Waals surface area contributed by atoms with Crippen molar-refractivity contribution in [3.63, 3.8) is 0 Å². The van der Waals surface area contributed by atoms with Gasteiger partial charge in [0.2, 0.25) is 0 Å². The van der Waals surface area contributed by atoms with Crippen LogP contribution in [0.15, 0.2) is 4.47 Å². The molecule has 1 aromatic heterocycles. The summed E-state index contributed by atoms with van der Waals surface area (Å²) in [5, 5.41) is 4.37. The van der Waals surface area contributed by atoms with Crippen LogP contribution >= 0.6 is 15.9 Å². The average molecular weight is 274 g/mol. The summed E-state index contributed by atoms with van der Waals surface area (Å²) in [5.41, 5.74) is 6.87. The van der Waals surface area contributed by atoms with Crippen LogP contribution in [0.3, 0.4) is 0 Å². The molecule has 1 aromatic rings. The van der Waals surface area contributed by atoms with E-state index in [4.69, 9.17) is 5.73 Å². The summed E-state index contributed by atoms with van der Waals surface area (Å²) < 4.78 is 2.84. The van der Waals surface area contributed by atoms with E-state index in [9.17, 15) is 0 Å². The number of halogens is 1. The van der Waals surface area contributed by atoms with Crippen LogP contribution < -0.4 is 5.73 Å². The zero-order valence-electron chi connectivity index (χ0n) is 9.59. The van der Waals surface area contributed by atoms with Crippen LogP contribution in [-0.4, -0.2) is 9.78 Å². The Labute approximate surface area is 100 Å². The van der Waals surface area contributed by atoms with Crippen molar-refractivity contribution in [1.29, 1.82) is 0 Å². The molecule has 3 nitrogen and oxygen atoms in total. The highest BCUT2D eigenvalue weighted by Gasteiger charge is 2.08. The fraction of sp³-hybridized carbons (Fsp3) is 0.727. The molecule has 0 saturated heterocycles. The van der Waals surface area contributed by atoms with Gasteiger partial charge in [0.1, 0.15) is 5.82 Å². The Balaban J connectivity index is 2.34. The van der Waals surface area contributed by atoms with Crippen molar-refractivity contribution in [3.05, 3.63) is 10.2 Å². The van der Waals surface area contributed by atoms with Crippen molar-refractivity contribution in [2.45, 2.75) is 52.5 Å². The van der Waals surface area contributed by atoms with Gasteiger partial charge in [0.05, 0.1) is 10.2 Å². The van der Waals surface area contributed by atoms with Gasteiger partial charge in [-0.05, 0) is 29.3 Å². The van der Waals surface area contributed by atoms with Gasteiger partial charge >= 0.3 is 0 Å². The third-order valence-corrected chi connectivity index (χ3v) is 3.54. The van der Waals surface area contributed by atoms with Crippen LogP contribution in [0, 0.1) is 6.92 Å². The number of aryl methyl sites for hydroxylation is 2. The minimum Gasteiger partial charge on any atom is -0.383 e. The number of hydrogen-bond donors (Lipinski definition) is 1. The van der Waals surface area contributed by atoms with Gasteiger partial charge in [-0.15, -0.1) is 0 Å². The minimum absolute atomic E-state index is 0.753. The van der Waals surface area contributed by atoms with Gasteiger partial charge in [0.25, 0.3) is 0 Å². The van der Waals surface area contributed by atoms with Crippen molar-refractivity contribution in [3.8, 4) is 0 Å². The molecule has 1 rings (SSSR count). The molecule has 0 aromatic carbocycles. The van der Waals surface area contributed by atoms with E-state index in [1.54, 1.807) is 0 Å². The molecule has 0 saturated carbocycles. The second-order valence-corrected chi connectivity index (χ2v) is 4.71. The second kappa shape index (κ2) is 6.16. The van der Waals surface area contributed by atoms with Gasteiger partial charge in [-0.25, -0.2) is 4.68 Å². The highest BCUT2D eigenvalue weighted by Crippen LogP contribution is 2.23. The minimum atomic E-state index is 0.753. The number of aromatic nitrogens is 2. The molecular formula is C11H20BrN3. The molecule has 0 amide bonds. The lowest BCUT2D eigenvalue weighted by Gasteiger charge is -2.03. The zero-order valence-corrected chi connectivity index (χ0v) is 11.2. The van der Waals surface area contributed by atoms with E-state index in [2.05, 4.69) is 28.0 Å². The van der Waals surface area contributed by atoms with Crippen molar-refractivity contribution < 1.29 is 0 Å². The van der Waals surface area contributed by atoms with Crippen molar-refractivity contribution in [2.24, 2.45) is 0 Å². The molecule has 0 radical (unpaired) electrons. The van der Waals surface area contributed by atoms with Gasteiger partial charge in [-0.3, -0.25) is 0 Å². The first-order valence-corrected chi connectivity index (χ1v) is 6.44. The summed E-state index contributed by atoms with van der Waals surface area (Å²) in [6.45, 7) is 5.13. The molecule has 0 fully saturated rings. The summed E-state index contributed by atoms with van der Waals surface area (Å²) in [6, 6.07) is 0. The van der Waals surface area contributed by atoms with E-state index >= 15 is 0 Å². The van der Waals surface area contributed by atoms with Gasteiger partial charge in [0.15, 0.2) is 0 Å². The van der Waals surface area contributed by atoms with Gasteiger partial charge in [0, 0.05) is 6.54 Å². The molecule has 2 N–H and O–H groups in total. The first-order valence-electron chi connectivity index (χ1n) is 5.65. The lowest BCUT2D eigenvalue weighted by Crippen LogP contribution is -2.04. The van der Waals surface area contributed by atoms with Crippen LogP contribution in [0.2, 0.25) is 0 Å². The Morgan fingerprint density at radius 3 is 2.47 bits per heavy atom. The van der Waals surface area contributed by atoms with E-state index in [0.29, 0.717) is 0 Å². The smallest absolute Gasteiger partial charge is 0.136 e. The van der Waals surface area contributed by atoms with Gasteiger partial charge in [-0.2, -0.15) is 5.10 Å². The normalized spacial score (nSPS) is 10.9. The van der Waals surface area contributed by atoms with Gasteiger partial charge < -0.3 is 5.73 Å². The monoisotopic (exact) mass is 273 g/mol. The molecule has 0 unspecified atom stereocenters. The van der Waals surface area contributed by atoms with E-state index in [1.807, 2.05) is 11.6 Å². The number of nitrogens with two attached hydrogens (primary N) is 1. The first-order chi connectivity index (χ1) is 7.16. The highest BCUT2D eigenvalue weighted by molar-refractivity contribution is 9.10. The molecule has 0 aliphatic heterocycles. The summed E-state index contributed by atoms with van der Waals surface area (Å²) >= 11 is 3.43. The molecule has 0 aliphatic carbocycles. The molecule has 15 heavy (non-hydrogen) atoms. The Morgan fingerprint density at radius 2 is 1.93 bits per heavy atom. The molecule has 0 aliphatic rings. The summed E-state index contributed by atoms with van der Waals surface area (Å²) in [7, 11) is 0. The summed E-state index contributed by atoms with van der Waals surface area (Å²) in [6.07, 6.45) is 6.37. The van der Waals surface area contributed by atoms with E-state index in [1.165, 1.54) is 25.7 Å². The Hall–Kier alpha value is -0.510. The molecule has 1 heterocycles. The van der Waals surface area contributed by atoms with Crippen molar-refractivity contribution >= 4 is 21.7 Å². The largest absolute Gasteiger partial charge is 0.383 e. The van der Waals surface area contributed by atoms with E-state index in [-0.39, 0.29) is 0 Å². The SMILES string of the molecule is CCCCCCCn1nc(C)c(Br)c1N. The van der Waals surface area contributed by atoms with Gasteiger partial charge in [-0.1, -0.05) is 32.6 Å². The lowest BCUT2D eigenvalue weighted by atomic mass is 10.1. The molecule has 0 bridgehead atoms. The van der Waals surface area contributed by atoms with E-state index < -0.39 is 0 Å². The first kappa shape index (κ1) is 12.6. The predicted octanol–water partition coefficient (Wildman–Crippen LogP) is 3.51. The second-order valence-electron chi connectivity index (χ2n) is 3.92. The third-order valence-electron chi connectivity index (χ3n) is 2.56. The predicted molar refractivity (Wildman–Crippen MR) is 67.8 cm³/mol. The standard InChI is InChI=1S/C11H20BrN3/c1-3-4-5-6-7-8-15-11(13)10(12)9(2)14-15/h3-8,13H2,1-2H3. The summed E-state index contributed by atoms with van der Waals surface area (Å²) in [4.78, 5) is 0. The Kier molecular flexibility index (Phi) is 5.15. The van der Waals surface area contributed by atoms with Crippen molar-refractivity contribution in [2.75, 3.05) is 5.73 Å². The maximum atomic E-state index is 5.90. The Morgan fingerprint density at radius 1 is 1.27 bits per heavy atom. The fourth-order valence-electron chi connectivity index (χ4n) is 1.61. The van der Waals surface area contributed by atoms with Crippen LogP contribution in [0.25, 0.3) is 0 Å². The van der Waals surface area contributed by atoms with Crippen LogP contribution in [0.1, 0.15) is 44.7 Å². The highest BCUT2D eigenvalue weighted by atomic mass is 79.9.